The fourth-order valence-corrected chi connectivity index (χ4v) is 2.93. The van der Waals surface area contributed by atoms with E-state index in [1.54, 1.807) is 7.11 Å². The number of hydrogen-bond acceptors (Lipinski definition) is 3. The average Bonchev–Trinajstić information content (AvgIpc) is 2.28. The lowest BCUT2D eigenvalue weighted by atomic mass is 10.0. The van der Waals surface area contributed by atoms with E-state index in [2.05, 4.69) is 4.99 Å². The van der Waals surface area contributed by atoms with Gasteiger partial charge in [-0.25, -0.2) is 0 Å². The molecule has 0 aromatic heterocycles. The molecule has 0 unspecified atom stereocenters. The Morgan fingerprint density at radius 3 is 2.80 bits per heavy atom. The molecule has 0 amide bonds. The lowest BCUT2D eigenvalue weighted by molar-refractivity contribution is 0.208. The summed E-state index contributed by atoms with van der Waals surface area (Å²) in [5, 5.41) is 0.815. The van der Waals surface area contributed by atoms with Gasteiger partial charge in [0.15, 0.2) is 0 Å². The maximum Gasteiger partial charge on any atom is 0.104 e. The van der Waals surface area contributed by atoms with Crippen LogP contribution in [0.15, 0.2) is 4.99 Å². The fourth-order valence-electron chi connectivity index (χ4n) is 1.76. The van der Waals surface area contributed by atoms with Crippen molar-refractivity contribution in [2.75, 3.05) is 26.0 Å². The number of thioether (sulfide) groups is 1. The normalized spacial score (nSPS) is 19.4. The molecule has 1 aliphatic rings. The zero-order valence-electron chi connectivity index (χ0n) is 9.58. The second-order valence-corrected chi connectivity index (χ2v) is 5.23. The minimum absolute atomic E-state index is 0.662. The zero-order chi connectivity index (χ0) is 10.9. The van der Waals surface area contributed by atoms with Gasteiger partial charge in [-0.2, -0.15) is 11.8 Å². The summed E-state index contributed by atoms with van der Waals surface area (Å²) in [6, 6.07) is 0. The highest BCUT2D eigenvalue weighted by molar-refractivity contribution is 8.00. The van der Waals surface area contributed by atoms with Crippen molar-refractivity contribution in [1.29, 1.82) is 0 Å². The van der Waals surface area contributed by atoms with Crippen molar-refractivity contribution in [3.8, 4) is 0 Å². The topological polar surface area (TPSA) is 47.6 Å². The molecule has 0 heterocycles. The Balaban J connectivity index is 2.09. The Bertz CT molecular complexity index is 191. The molecule has 1 rings (SSSR count). The summed E-state index contributed by atoms with van der Waals surface area (Å²) < 4.78 is 4.92. The zero-order valence-corrected chi connectivity index (χ0v) is 10.4. The predicted octanol–water partition coefficient (Wildman–Crippen LogP) is 2.06. The van der Waals surface area contributed by atoms with Crippen LogP contribution in [0.4, 0.5) is 0 Å². The van der Waals surface area contributed by atoms with Gasteiger partial charge < -0.3 is 10.5 Å². The molecule has 0 aromatic rings. The standard InChI is InChI=1S/C11H22N2OS/c1-14-8-7-13-11(12)9-15-10-5-3-2-4-6-10/h10H,2-9H2,1H3,(H2,12,13). The van der Waals surface area contributed by atoms with Crippen molar-refractivity contribution >= 4 is 17.6 Å². The van der Waals surface area contributed by atoms with Crippen LogP contribution in [0.2, 0.25) is 0 Å². The number of hydrogen-bond donors (Lipinski definition) is 1. The van der Waals surface area contributed by atoms with E-state index in [-0.39, 0.29) is 0 Å². The van der Waals surface area contributed by atoms with E-state index in [4.69, 9.17) is 10.5 Å². The first kappa shape index (κ1) is 12.8. The van der Waals surface area contributed by atoms with Crippen LogP contribution in [0.5, 0.6) is 0 Å². The Morgan fingerprint density at radius 1 is 1.40 bits per heavy atom. The van der Waals surface area contributed by atoms with Crippen molar-refractivity contribution in [3.63, 3.8) is 0 Å². The molecule has 3 nitrogen and oxygen atoms in total. The third-order valence-corrected chi connectivity index (χ3v) is 4.03. The monoisotopic (exact) mass is 230 g/mol. The van der Waals surface area contributed by atoms with Gasteiger partial charge in [0.2, 0.25) is 0 Å². The molecule has 0 aliphatic heterocycles. The molecule has 0 atom stereocenters. The lowest BCUT2D eigenvalue weighted by Gasteiger charge is -2.20. The average molecular weight is 230 g/mol. The molecule has 0 saturated heterocycles. The first-order valence-electron chi connectivity index (χ1n) is 5.72. The van der Waals surface area contributed by atoms with Gasteiger partial charge in [0, 0.05) is 12.4 Å². The summed E-state index contributed by atoms with van der Waals surface area (Å²) in [6.45, 7) is 1.35. The number of methoxy groups -OCH3 is 1. The molecule has 0 radical (unpaired) electrons. The van der Waals surface area contributed by atoms with Gasteiger partial charge in [-0.1, -0.05) is 19.3 Å². The third-order valence-electron chi connectivity index (χ3n) is 2.63. The summed E-state index contributed by atoms with van der Waals surface area (Å²) in [5.41, 5.74) is 5.81. The third kappa shape index (κ3) is 6.05. The van der Waals surface area contributed by atoms with Crippen LogP contribution in [-0.2, 0) is 4.74 Å². The highest BCUT2D eigenvalue weighted by Crippen LogP contribution is 2.27. The SMILES string of the molecule is COCCN=C(N)CSC1CCCCC1. The van der Waals surface area contributed by atoms with E-state index in [1.807, 2.05) is 11.8 Å². The molecule has 88 valence electrons. The van der Waals surface area contributed by atoms with Crippen LogP contribution in [0.1, 0.15) is 32.1 Å². The second kappa shape index (κ2) is 7.99. The number of aliphatic imine (C=N–C) groups is 1. The van der Waals surface area contributed by atoms with Crippen LogP contribution in [0, 0.1) is 0 Å². The van der Waals surface area contributed by atoms with Gasteiger partial charge in [-0.3, -0.25) is 4.99 Å². The van der Waals surface area contributed by atoms with Gasteiger partial charge in [-0.15, -0.1) is 0 Å². The molecule has 0 aromatic carbocycles. The van der Waals surface area contributed by atoms with E-state index in [9.17, 15) is 0 Å². The molecule has 1 fully saturated rings. The maximum atomic E-state index is 5.81. The predicted molar refractivity (Wildman–Crippen MR) is 67.7 cm³/mol. The minimum atomic E-state index is 0.662. The van der Waals surface area contributed by atoms with Crippen molar-refractivity contribution in [2.45, 2.75) is 37.4 Å². The van der Waals surface area contributed by atoms with Gasteiger partial charge in [0.05, 0.1) is 18.9 Å². The van der Waals surface area contributed by atoms with E-state index in [1.165, 1.54) is 32.1 Å². The van der Waals surface area contributed by atoms with Gasteiger partial charge in [0.1, 0.15) is 5.84 Å². The van der Waals surface area contributed by atoms with Crippen LogP contribution >= 0.6 is 11.8 Å². The van der Waals surface area contributed by atoms with Crippen molar-refractivity contribution in [2.24, 2.45) is 10.7 Å². The highest BCUT2D eigenvalue weighted by Gasteiger charge is 2.13. The lowest BCUT2D eigenvalue weighted by Crippen LogP contribution is -2.19. The smallest absolute Gasteiger partial charge is 0.104 e. The Labute approximate surface area is 96.9 Å². The largest absolute Gasteiger partial charge is 0.387 e. The van der Waals surface area contributed by atoms with Crippen molar-refractivity contribution in [3.05, 3.63) is 0 Å². The van der Waals surface area contributed by atoms with Crippen LogP contribution in [-0.4, -0.2) is 37.1 Å². The molecule has 0 spiro atoms. The van der Waals surface area contributed by atoms with Crippen molar-refractivity contribution in [1.82, 2.24) is 0 Å². The van der Waals surface area contributed by atoms with Crippen LogP contribution in [0.3, 0.4) is 0 Å². The summed E-state index contributed by atoms with van der Waals surface area (Å²) in [5.74, 6) is 1.65. The number of ether oxygens (including phenoxy) is 1. The van der Waals surface area contributed by atoms with Crippen LogP contribution < -0.4 is 5.73 Å². The number of amidine groups is 1. The van der Waals surface area contributed by atoms with Crippen LogP contribution in [0.25, 0.3) is 0 Å². The summed E-state index contributed by atoms with van der Waals surface area (Å²) >= 11 is 1.97. The number of nitrogens with zero attached hydrogens (tertiary/aromatic N) is 1. The molecule has 2 N–H and O–H groups in total. The maximum absolute atomic E-state index is 5.81. The Kier molecular flexibility index (Phi) is 6.85. The Hall–Kier alpha value is -0.220. The molecular weight excluding hydrogens is 208 g/mol. The summed E-state index contributed by atoms with van der Waals surface area (Å²) in [4.78, 5) is 4.25. The van der Waals surface area contributed by atoms with Gasteiger partial charge in [-0.05, 0) is 12.8 Å². The molecular formula is C11H22N2OS. The Morgan fingerprint density at radius 2 is 2.13 bits per heavy atom. The molecule has 1 saturated carbocycles. The fraction of sp³-hybridized carbons (Fsp3) is 0.909. The molecule has 15 heavy (non-hydrogen) atoms. The summed E-state index contributed by atoms with van der Waals surface area (Å²) in [7, 11) is 1.68. The molecule has 4 heteroatoms. The number of nitrogens with two attached hydrogens (primary N) is 1. The van der Waals surface area contributed by atoms with Gasteiger partial charge >= 0.3 is 0 Å². The van der Waals surface area contributed by atoms with E-state index >= 15 is 0 Å². The number of rotatable bonds is 6. The molecule has 1 aliphatic carbocycles. The minimum Gasteiger partial charge on any atom is -0.387 e. The van der Waals surface area contributed by atoms with Crippen molar-refractivity contribution < 1.29 is 4.74 Å². The quantitative estimate of drug-likeness (QED) is 0.431. The van der Waals surface area contributed by atoms with E-state index < -0.39 is 0 Å². The van der Waals surface area contributed by atoms with E-state index in [0.717, 1.165) is 16.8 Å². The molecule has 0 bridgehead atoms. The first-order valence-corrected chi connectivity index (χ1v) is 6.77. The van der Waals surface area contributed by atoms with E-state index in [0.29, 0.717) is 13.2 Å². The summed E-state index contributed by atoms with van der Waals surface area (Å²) in [6.07, 6.45) is 6.90. The second-order valence-electron chi connectivity index (χ2n) is 3.94. The first-order chi connectivity index (χ1) is 7.33. The highest BCUT2D eigenvalue weighted by atomic mass is 32.2. The van der Waals surface area contributed by atoms with Gasteiger partial charge in [0.25, 0.3) is 0 Å².